The number of rotatable bonds is 4. The van der Waals surface area contributed by atoms with Crippen molar-refractivity contribution in [2.75, 3.05) is 14.2 Å². The molecule has 3 heteroatoms. The van der Waals surface area contributed by atoms with Crippen LogP contribution in [0.15, 0.2) is 54.7 Å². The van der Waals surface area contributed by atoms with Crippen molar-refractivity contribution in [1.82, 2.24) is 4.98 Å². The van der Waals surface area contributed by atoms with Crippen LogP contribution in [0.25, 0.3) is 22.9 Å². The molecule has 0 aliphatic rings. The van der Waals surface area contributed by atoms with Crippen LogP contribution in [-0.4, -0.2) is 19.2 Å². The van der Waals surface area contributed by atoms with Crippen molar-refractivity contribution in [3.63, 3.8) is 0 Å². The van der Waals surface area contributed by atoms with Crippen molar-refractivity contribution in [3.05, 3.63) is 66.0 Å². The van der Waals surface area contributed by atoms with E-state index in [1.54, 1.807) is 14.2 Å². The minimum Gasteiger partial charge on any atom is -0.497 e. The molecule has 1 aromatic heterocycles. The third-order valence-corrected chi connectivity index (χ3v) is 3.52. The fourth-order valence-electron chi connectivity index (χ4n) is 2.34. The quantitative estimate of drug-likeness (QED) is 0.713. The highest BCUT2D eigenvalue weighted by molar-refractivity contribution is 5.84. The van der Waals surface area contributed by atoms with Crippen molar-refractivity contribution >= 4 is 22.9 Å². The molecule has 0 spiro atoms. The molecule has 0 aliphatic heterocycles. The van der Waals surface area contributed by atoms with Gasteiger partial charge in [0.15, 0.2) is 0 Å². The zero-order valence-corrected chi connectivity index (χ0v) is 12.6. The van der Waals surface area contributed by atoms with Gasteiger partial charge >= 0.3 is 0 Å². The number of fused-ring (bicyclic) bond motifs is 1. The van der Waals surface area contributed by atoms with E-state index in [4.69, 9.17) is 9.47 Å². The van der Waals surface area contributed by atoms with Gasteiger partial charge in [-0.2, -0.15) is 0 Å². The number of pyridine rings is 1. The molecule has 1 heterocycles. The van der Waals surface area contributed by atoms with Gasteiger partial charge < -0.3 is 9.47 Å². The van der Waals surface area contributed by atoms with E-state index >= 15 is 0 Å². The summed E-state index contributed by atoms with van der Waals surface area (Å²) in [6, 6.07) is 16.0. The van der Waals surface area contributed by atoms with Gasteiger partial charge in [0.1, 0.15) is 11.5 Å². The molecule has 0 radical (unpaired) electrons. The Hall–Kier alpha value is -2.81. The van der Waals surface area contributed by atoms with Gasteiger partial charge in [-0.05, 0) is 41.8 Å². The van der Waals surface area contributed by atoms with Gasteiger partial charge in [-0.25, -0.2) is 0 Å². The molecular formula is C19H17NO2. The summed E-state index contributed by atoms with van der Waals surface area (Å²) in [4.78, 5) is 4.46. The van der Waals surface area contributed by atoms with Crippen LogP contribution in [0.4, 0.5) is 0 Å². The highest BCUT2D eigenvalue weighted by Gasteiger charge is 2.02. The summed E-state index contributed by atoms with van der Waals surface area (Å²) in [7, 11) is 3.31. The molecule has 0 N–H and O–H groups in total. The topological polar surface area (TPSA) is 31.4 Å². The Bertz CT molecular complexity index is 825. The van der Waals surface area contributed by atoms with Crippen molar-refractivity contribution in [1.29, 1.82) is 0 Å². The van der Waals surface area contributed by atoms with E-state index in [0.717, 1.165) is 28.1 Å². The maximum atomic E-state index is 5.38. The van der Waals surface area contributed by atoms with E-state index in [-0.39, 0.29) is 0 Å². The van der Waals surface area contributed by atoms with Crippen LogP contribution in [0.1, 0.15) is 11.3 Å². The van der Waals surface area contributed by atoms with E-state index in [0.29, 0.717) is 0 Å². The van der Waals surface area contributed by atoms with Gasteiger partial charge in [0.2, 0.25) is 0 Å². The van der Waals surface area contributed by atoms with Crippen LogP contribution in [0, 0.1) is 0 Å². The fourth-order valence-corrected chi connectivity index (χ4v) is 2.34. The first kappa shape index (κ1) is 14.1. The van der Waals surface area contributed by atoms with Crippen LogP contribution < -0.4 is 9.47 Å². The Morgan fingerprint density at radius 3 is 2.45 bits per heavy atom. The minimum atomic E-state index is 0.798. The Morgan fingerprint density at radius 1 is 0.864 bits per heavy atom. The Balaban J connectivity index is 1.95. The van der Waals surface area contributed by atoms with Crippen molar-refractivity contribution in [3.8, 4) is 11.5 Å². The molecule has 0 fully saturated rings. The second-order valence-electron chi connectivity index (χ2n) is 4.90. The number of aromatic nitrogens is 1. The number of hydrogen-bond acceptors (Lipinski definition) is 3. The molecule has 0 unspecified atom stereocenters. The van der Waals surface area contributed by atoms with Crippen molar-refractivity contribution < 1.29 is 9.47 Å². The maximum Gasteiger partial charge on any atom is 0.126 e. The highest BCUT2D eigenvalue weighted by Crippen LogP contribution is 2.26. The highest BCUT2D eigenvalue weighted by atomic mass is 16.5. The summed E-state index contributed by atoms with van der Waals surface area (Å²) >= 11 is 0. The lowest BCUT2D eigenvalue weighted by Gasteiger charge is -2.07. The van der Waals surface area contributed by atoms with E-state index in [9.17, 15) is 0 Å². The van der Waals surface area contributed by atoms with Gasteiger partial charge in [0.25, 0.3) is 0 Å². The Kier molecular flexibility index (Phi) is 4.05. The van der Waals surface area contributed by atoms with Crippen LogP contribution in [-0.2, 0) is 0 Å². The third-order valence-electron chi connectivity index (χ3n) is 3.52. The molecule has 0 atom stereocenters. The lowest BCUT2D eigenvalue weighted by atomic mass is 10.1. The van der Waals surface area contributed by atoms with Gasteiger partial charge in [0.05, 0.1) is 19.9 Å². The smallest absolute Gasteiger partial charge is 0.126 e. The zero-order valence-electron chi connectivity index (χ0n) is 12.6. The van der Waals surface area contributed by atoms with E-state index in [1.807, 2.05) is 48.7 Å². The van der Waals surface area contributed by atoms with Gasteiger partial charge in [-0.3, -0.25) is 4.98 Å². The summed E-state index contributed by atoms with van der Waals surface area (Å²) in [5.41, 5.74) is 1.86. The van der Waals surface area contributed by atoms with Gasteiger partial charge in [-0.15, -0.1) is 0 Å². The molecule has 0 bridgehead atoms. The molecule has 2 aromatic carbocycles. The predicted octanol–water partition coefficient (Wildman–Crippen LogP) is 4.42. The second kappa shape index (κ2) is 6.31. The Morgan fingerprint density at radius 2 is 1.68 bits per heavy atom. The first-order chi connectivity index (χ1) is 10.8. The molecule has 0 saturated heterocycles. The lowest BCUT2D eigenvalue weighted by molar-refractivity contribution is 0.402. The molecule has 0 aliphatic carbocycles. The average Bonchev–Trinajstić information content (AvgIpc) is 2.59. The van der Waals surface area contributed by atoms with E-state index < -0.39 is 0 Å². The summed E-state index contributed by atoms with van der Waals surface area (Å²) in [5.74, 6) is 1.60. The largest absolute Gasteiger partial charge is 0.497 e. The third kappa shape index (κ3) is 2.93. The molecular weight excluding hydrogens is 274 g/mol. The van der Waals surface area contributed by atoms with Gasteiger partial charge in [0, 0.05) is 17.1 Å². The Labute approximate surface area is 129 Å². The molecule has 0 saturated carbocycles. The number of benzene rings is 2. The SMILES string of the molecule is COc1ccc(OC)c(/C=C/c2cc3ccccc3cn2)c1. The lowest BCUT2D eigenvalue weighted by Crippen LogP contribution is -1.89. The first-order valence-corrected chi connectivity index (χ1v) is 7.05. The van der Waals surface area contributed by atoms with Crippen molar-refractivity contribution in [2.24, 2.45) is 0 Å². The molecule has 3 nitrogen and oxygen atoms in total. The van der Waals surface area contributed by atoms with Gasteiger partial charge in [-0.1, -0.05) is 24.3 Å². The molecule has 110 valence electrons. The van der Waals surface area contributed by atoms with Crippen LogP contribution >= 0.6 is 0 Å². The summed E-state index contributed by atoms with van der Waals surface area (Å²) in [6.45, 7) is 0. The molecule has 3 aromatic rings. The van der Waals surface area contributed by atoms with E-state index in [1.165, 1.54) is 5.39 Å². The van der Waals surface area contributed by atoms with Crippen LogP contribution in [0.2, 0.25) is 0 Å². The number of ether oxygens (including phenoxy) is 2. The fraction of sp³-hybridized carbons (Fsp3) is 0.105. The van der Waals surface area contributed by atoms with Crippen LogP contribution in [0.5, 0.6) is 11.5 Å². The summed E-state index contributed by atoms with van der Waals surface area (Å²) in [6.07, 6.45) is 5.85. The van der Waals surface area contributed by atoms with E-state index in [2.05, 4.69) is 23.2 Å². The second-order valence-corrected chi connectivity index (χ2v) is 4.90. The minimum absolute atomic E-state index is 0.798. The maximum absolute atomic E-state index is 5.38. The first-order valence-electron chi connectivity index (χ1n) is 7.05. The average molecular weight is 291 g/mol. The standard InChI is InChI=1S/C19H17NO2/c1-21-18-9-10-19(22-2)15(12-18)7-8-17-11-14-5-3-4-6-16(14)13-20-17/h3-13H,1-2H3/b8-7+. The van der Waals surface area contributed by atoms with Crippen LogP contribution in [0.3, 0.4) is 0 Å². The summed E-state index contributed by atoms with van der Waals surface area (Å²) in [5, 5.41) is 2.31. The predicted molar refractivity (Wildman–Crippen MR) is 90.2 cm³/mol. The molecule has 22 heavy (non-hydrogen) atoms. The zero-order chi connectivity index (χ0) is 15.4. The number of hydrogen-bond donors (Lipinski definition) is 0. The summed E-state index contributed by atoms with van der Waals surface area (Å²) < 4.78 is 10.6. The molecule has 0 amide bonds. The monoisotopic (exact) mass is 291 g/mol. The molecule has 3 rings (SSSR count). The van der Waals surface area contributed by atoms with Crippen molar-refractivity contribution in [2.45, 2.75) is 0 Å². The normalized spacial score (nSPS) is 11.0. The number of nitrogens with zero attached hydrogens (tertiary/aromatic N) is 1. The number of methoxy groups -OCH3 is 2.